The van der Waals surface area contributed by atoms with Gasteiger partial charge in [0.1, 0.15) is 11.2 Å². The zero-order valence-corrected chi connectivity index (χ0v) is 27.3. The molecular formula is C48H31NO. The van der Waals surface area contributed by atoms with E-state index < -0.39 is 0 Å². The normalized spacial score (nSPS) is 11.6. The molecule has 10 aromatic rings. The molecule has 0 unspecified atom stereocenters. The van der Waals surface area contributed by atoms with E-state index in [0.717, 1.165) is 60.9 Å². The summed E-state index contributed by atoms with van der Waals surface area (Å²) < 4.78 is 6.76. The Labute approximate surface area is 290 Å². The molecule has 0 N–H and O–H groups in total. The van der Waals surface area contributed by atoms with Crippen molar-refractivity contribution in [3.63, 3.8) is 0 Å². The molecule has 0 amide bonds. The van der Waals surface area contributed by atoms with Gasteiger partial charge in [-0.1, -0.05) is 152 Å². The van der Waals surface area contributed by atoms with Crippen LogP contribution in [0.3, 0.4) is 0 Å². The smallest absolute Gasteiger partial charge is 0.143 e. The summed E-state index contributed by atoms with van der Waals surface area (Å²) in [7, 11) is 0. The number of anilines is 3. The van der Waals surface area contributed by atoms with E-state index in [1.165, 1.54) is 32.7 Å². The maximum atomic E-state index is 6.76. The van der Waals surface area contributed by atoms with Crippen LogP contribution in [0.4, 0.5) is 17.1 Å². The molecule has 0 bridgehead atoms. The summed E-state index contributed by atoms with van der Waals surface area (Å²) in [5.74, 6) is 0. The molecule has 1 aromatic heterocycles. The lowest BCUT2D eigenvalue weighted by molar-refractivity contribution is 0.673. The fourth-order valence-electron chi connectivity index (χ4n) is 7.59. The van der Waals surface area contributed by atoms with Crippen molar-refractivity contribution in [1.82, 2.24) is 0 Å². The standard InChI is InChI=1S/C48H31NO/c1-2-11-32(12-3-1)35-21-23-36(24-22-35)41-19-10-20-46-47(41)44-31-45(42-17-8-9-18-43(42)48(44)50-46)49(39-27-25-33-13-4-6-15-37(33)29-39)40-28-26-34-14-5-7-16-38(34)30-40/h1-31H. The van der Waals surface area contributed by atoms with Crippen LogP contribution < -0.4 is 4.90 Å². The maximum Gasteiger partial charge on any atom is 0.143 e. The van der Waals surface area contributed by atoms with Crippen LogP contribution in [-0.4, -0.2) is 0 Å². The molecule has 0 aliphatic carbocycles. The highest BCUT2D eigenvalue weighted by molar-refractivity contribution is 6.22. The number of hydrogen-bond donors (Lipinski definition) is 0. The first-order valence-electron chi connectivity index (χ1n) is 17.1. The van der Waals surface area contributed by atoms with E-state index in [-0.39, 0.29) is 0 Å². The van der Waals surface area contributed by atoms with Crippen LogP contribution in [-0.2, 0) is 0 Å². The lowest BCUT2D eigenvalue weighted by Gasteiger charge is -2.28. The fourth-order valence-corrected chi connectivity index (χ4v) is 7.59. The van der Waals surface area contributed by atoms with E-state index in [2.05, 4.69) is 193 Å². The molecule has 234 valence electrons. The molecule has 0 atom stereocenters. The van der Waals surface area contributed by atoms with Gasteiger partial charge in [0.05, 0.1) is 5.69 Å². The van der Waals surface area contributed by atoms with Crippen molar-refractivity contribution < 1.29 is 4.42 Å². The molecule has 0 fully saturated rings. The fraction of sp³-hybridized carbons (Fsp3) is 0. The number of fused-ring (bicyclic) bond motifs is 7. The minimum absolute atomic E-state index is 0.884. The zero-order chi connectivity index (χ0) is 33.0. The Balaban J connectivity index is 1.24. The van der Waals surface area contributed by atoms with Crippen LogP contribution in [0, 0.1) is 0 Å². The summed E-state index contributed by atoms with van der Waals surface area (Å²) in [4.78, 5) is 2.41. The topological polar surface area (TPSA) is 16.4 Å². The summed E-state index contributed by atoms with van der Waals surface area (Å²) >= 11 is 0. The Morgan fingerprint density at radius 3 is 1.60 bits per heavy atom. The van der Waals surface area contributed by atoms with Crippen molar-refractivity contribution in [3.05, 3.63) is 188 Å². The summed E-state index contributed by atoms with van der Waals surface area (Å²) in [6.45, 7) is 0. The van der Waals surface area contributed by atoms with Gasteiger partial charge in [0, 0.05) is 32.9 Å². The Kier molecular flexibility index (Phi) is 6.53. The van der Waals surface area contributed by atoms with E-state index in [9.17, 15) is 0 Å². The number of rotatable bonds is 5. The Bertz CT molecular complexity index is 2790. The summed E-state index contributed by atoms with van der Waals surface area (Å²) in [6, 6.07) is 67.5. The van der Waals surface area contributed by atoms with Crippen molar-refractivity contribution >= 4 is 71.3 Å². The van der Waals surface area contributed by atoms with E-state index in [1.54, 1.807) is 0 Å². The van der Waals surface area contributed by atoms with Gasteiger partial charge in [-0.25, -0.2) is 0 Å². The Morgan fingerprint density at radius 2 is 0.920 bits per heavy atom. The third-order valence-corrected chi connectivity index (χ3v) is 10.0. The lowest BCUT2D eigenvalue weighted by Crippen LogP contribution is -2.10. The van der Waals surface area contributed by atoms with Crippen LogP contribution in [0.5, 0.6) is 0 Å². The second-order valence-corrected chi connectivity index (χ2v) is 12.9. The quantitative estimate of drug-likeness (QED) is 0.187. The van der Waals surface area contributed by atoms with Gasteiger partial charge in [0.25, 0.3) is 0 Å². The van der Waals surface area contributed by atoms with E-state index >= 15 is 0 Å². The van der Waals surface area contributed by atoms with Crippen molar-refractivity contribution in [1.29, 1.82) is 0 Å². The predicted molar refractivity (Wildman–Crippen MR) is 212 cm³/mol. The molecule has 1 heterocycles. The molecule has 9 aromatic carbocycles. The second kappa shape index (κ2) is 11.5. The molecule has 0 aliphatic rings. The largest absolute Gasteiger partial charge is 0.455 e. The minimum atomic E-state index is 0.884. The number of furan rings is 1. The van der Waals surface area contributed by atoms with E-state index in [1.807, 2.05) is 0 Å². The molecule has 10 rings (SSSR count). The zero-order valence-electron chi connectivity index (χ0n) is 27.3. The molecular weight excluding hydrogens is 607 g/mol. The number of hydrogen-bond acceptors (Lipinski definition) is 2. The molecule has 0 radical (unpaired) electrons. The van der Waals surface area contributed by atoms with Gasteiger partial charge in [-0.2, -0.15) is 0 Å². The highest BCUT2D eigenvalue weighted by Crippen LogP contribution is 2.47. The third kappa shape index (κ3) is 4.65. The minimum Gasteiger partial charge on any atom is -0.455 e. The second-order valence-electron chi connectivity index (χ2n) is 12.9. The average molecular weight is 638 g/mol. The lowest BCUT2D eigenvalue weighted by atomic mass is 9.95. The van der Waals surface area contributed by atoms with E-state index in [0.29, 0.717) is 0 Å². The molecule has 0 saturated carbocycles. The van der Waals surface area contributed by atoms with Crippen molar-refractivity contribution in [2.24, 2.45) is 0 Å². The summed E-state index contributed by atoms with van der Waals surface area (Å²) in [5.41, 5.74) is 9.84. The van der Waals surface area contributed by atoms with Gasteiger partial charge >= 0.3 is 0 Å². The molecule has 2 heteroatoms. The van der Waals surface area contributed by atoms with Gasteiger partial charge in [-0.05, 0) is 80.2 Å². The SMILES string of the molecule is c1ccc(-c2ccc(-c3cccc4oc5c6ccccc6c(N(c6ccc7ccccc7c6)c6ccc7ccccc7c6)cc5c34)cc2)cc1. The molecule has 0 spiro atoms. The third-order valence-electron chi connectivity index (χ3n) is 10.0. The molecule has 2 nitrogen and oxygen atoms in total. The van der Waals surface area contributed by atoms with Crippen molar-refractivity contribution in [2.75, 3.05) is 4.90 Å². The van der Waals surface area contributed by atoms with Crippen LogP contribution >= 0.6 is 0 Å². The summed E-state index contributed by atoms with van der Waals surface area (Å²) in [6.07, 6.45) is 0. The van der Waals surface area contributed by atoms with Crippen LogP contribution in [0.2, 0.25) is 0 Å². The van der Waals surface area contributed by atoms with Gasteiger partial charge in [-0.3, -0.25) is 0 Å². The van der Waals surface area contributed by atoms with Crippen LogP contribution in [0.15, 0.2) is 192 Å². The predicted octanol–water partition coefficient (Wildman–Crippen LogP) is 13.8. The first-order chi connectivity index (χ1) is 24.8. The van der Waals surface area contributed by atoms with Gasteiger partial charge < -0.3 is 9.32 Å². The Morgan fingerprint density at radius 1 is 0.360 bits per heavy atom. The molecule has 50 heavy (non-hydrogen) atoms. The van der Waals surface area contributed by atoms with Gasteiger partial charge in [-0.15, -0.1) is 0 Å². The average Bonchev–Trinajstić information content (AvgIpc) is 3.57. The molecule has 0 saturated heterocycles. The highest BCUT2D eigenvalue weighted by Gasteiger charge is 2.22. The maximum absolute atomic E-state index is 6.76. The van der Waals surface area contributed by atoms with Gasteiger partial charge in [0.2, 0.25) is 0 Å². The van der Waals surface area contributed by atoms with Crippen LogP contribution in [0.25, 0.3) is 76.5 Å². The van der Waals surface area contributed by atoms with Crippen molar-refractivity contribution in [3.8, 4) is 22.3 Å². The number of nitrogens with zero attached hydrogens (tertiary/aromatic N) is 1. The van der Waals surface area contributed by atoms with Crippen LogP contribution in [0.1, 0.15) is 0 Å². The van der Waals surface area contributed by atoms with Gasteiger partial charge in [0.15, 0.2) is 0 Å². The van der Waals surface area contributed by atoms with E-state index in [4.69, 9.17) is 4.42 Å². The highest BCUT2D eigenvalue weighted by atomic mass is 16.3. The number of benzene rings is 9. The summed E-state index contributed by atoms with van der Waals surface area (Å²) in [5, 5.41) is 9.30. The first kappa shape index (κ1) is 28.4. The first-order valence-corrected chi connectivity index (χ1v) is 17.1. The molecule has 0 aliphatic heterocycles. The Hall–Kier alpha value is -6.64. The van der Waals surface area contributed by atoms with Crippen molar-refractivity contribution in [2.45, 2.75) is 0 Å². The monoisotopic (exact) mass is 637 g/mol.